The number of ether oxygens (including phenoxy) is 1. The van der Waals surface area contributed by atoms with E-state index >= 15 is 0 Å². The summed E-state index contributed by atoms with van der Waals surface area (Å²) in [5, 5.41) is 10.0. The molecule has 0 saturated carbocycles. The van der Waals surface area contributed by atoms with Crippen LogP contribution in [-0.4, -0.2) is 108 Å². The summed E-state index contributed by atoms with van der Waals surface area (Å²) >= 11 is 1.69. The number of amides is 1. The zero-order chi connectivity index (χ0) is 29.7. The molecule has 11 nitrogen and oxygen atoms in total. The van der Waals surface area contributed by atoms with Crippen molar-refractivity contribution in [3.05, 3.63) is 35.2 Å². The standard InChI is InChI=1S/C29H38N5O6PS/c1-3-40-41(2,38)20-23(36)7-8-26(37)33-11-9-32(10-12-33)19-24-18-25-27(42-24)29(34-13-15-39-16-14-34)31-28(30-25)21-5-4-6-22(35)17-21/h4-6,17-18,35H,3,7-16,19-20H2,1-2H3. The SMILES string of the molecule is CCOP(C)(=O)CC(=O)CCC(=O)N1CCN(Cc2cc3nc(-c4cccc(O)c4)nc(N4CCOCC4)c3s2)CC1. The number of carbonyl (C=O) groups is 2. The number of phenolic OH excluding ortho intramolecular Hbond substituents is 1. The fourth-order valence-electron chi connectivity index (χ4n) is 5.30. The monoisotopic (exact) mass is 615 g/mol. The largest absolute Gasteiger partial charge is 0.508 e. The van der Waals surface area contributed by atoms with Gasteiger partial charge in [-0.25, -0.2) is 9.97 Å². The summed E-state index contributed by atoms with van der Waals surface area (Å²) in [5.74, 6) is 1.40. The lowest BCUT2D eigenvalue weighted by atomic mass is 10.2. The van der Waals surface area contributed by atoms with E-state index in [2.05, 4.69) is 15.9 Å². The second-order valence-corrected chi connectivity index (χ2v) is 14.5. The van der Waals surface area contributed by atoms with E-state index in [0.29, 0.717) is 38.7 Å². The van der Waals surface area contributed by atoms with E-state index in [0.717, 1.165) is 54.3 Å². The number of aromatic nitrogens is 2. The van der Waals surface area contributed by atoms with E-state index in [9.17, 15) is 19.3 Å². The fraction of sp³-hybridized carbons (Fsp3) is 0.517. The minimum Gasteiger partial charge on any atom is -0.508 e. The van der Waals surface area contributed by atoms with E-state index in [1.165, 1.54) is 11.5 Å². The number of phenols is 1. The van der Waals surface area contributed by atoms with E-state index in [4.69, 9.17) is 19.2 Å². The van der Waals surface area contributed by atoms with Crippen LogP contribution in [0.1, 0.15) is 24.6 Å². The third kappa shape index (κ3) is 7.73. The van der Waals surface area contributed by atoms with Gasteiger partial charge in [-0.1, -0.05) is 12.1 Å². The lowest BCUT2D eigenvalue weighted by Gasteiger charge is -2.34. The summed E-state index contributed by atoms with van der Waals surface area (Å²) in [6.45, 7) is 9.74. The Balaban J connectivity index is 1.22. The van der Waals surface area contributed by atoms with Gasteiger partial charge < -0.3 is 24.2 Å². The summed E-state index contributed by atoms with van der Waals surface area (Å²) in [6.07, 6.45) is 0.0959. The van der Waals surface area contributed by atoms with Gasteiger partial charge in [0, 0.05) is 75.8 Å². The number of morpholine rings is 1. The molecular formula is C29H38N5O6PS. The minimum absolute atomic E-state index is 0.0443. The van der Waals surface area contributed by atoms with Crippen LogP contribution in [0.2, 0.25) is 0 Å². The Labute approximate surface area is 249 Å². The lowest BCUT2D eigenvalue weighted by Crippen LogP contribution is -2.48. The summed E-state index contributed by atoms with van der Waals surface area (Å²) in [6, 6.07) is 9.12. The number of fused-ring (bicyclic) bond motifs is 1. The van der Waals surface area contributed by atoms with Gasteiger partial charge in [-0.2, -0.15) is 0 Å². The third-order valence-corrected chi connectivity index (χ3v) is 10.2. The van der Waals surface area contributed by atoms with Crippen molar-refractivity contribution in [3.63, 3.8) is 0 Å². The molecule has 226 valence electrons. The molecule has 1 unspecified atom stereocenters. The van der Waals surface area contributed by atoms with Crippen LogP contribution in [0, 0.1) is 0 Å². The number of aromatic hydroxyl groups is 1. The van der Waals surface area contributed by atoms with E-state index in [-0.39, 0.29) is 36.4 Å². The Morgan fingerprint density at radius 3 is 2.55 bits per heavy atom. The number of anilines is 1. The highest BCUT2D eigenvalue weighted by molar-refractivity contribution is 7.59. The summed E-state index contributed by atoms with van der Waals surface area (Å²) in [7, 11) is -2.93. The minimum atomic E-state index is -2.93. The highest BCUT2D eigenvalue weighted by atomic mass is 32.1. The number of hydrogen-bond acceptors (Lipinski definition) is 11. The molecule has 4 heterocycles. The predicted molar refractivity (Wildman–Crippen MR) is 164 cm³/mol. The van der Waals surface area contributed by atoms with Crippen LogP contribution in [0.15, 0.2) is 30.3 Å². The highest BCUT2D eigenvalue weighted by Crippen LogP contribution is 2.42. The first-order chi connectivity index (χ1) is 20.2. The average Bonchev–Trinajstić information content (AvgIpc) is 3.38. The molecule has 2 saturated heterocycles. The molecule has 1 N–H and O–H groups in total. The quantitative estimate of drug-likeness (QED) is 0.318. The van der Waals surface area contributed by atoms with Gasteiger partial charge in [0.15, 0.2) is 11.6 Å². The van der Waals surface area contributed by atoms with E-state index in [1.807, 2.05) is 11.0 Å². The first-order valence-corrected chi connectivity index (χ1v) is 17.4. The highest BCUT2D eigenvalue weighted by Gasteiger charge is 2.25. The Hall–Kier alpha value is -2.89. The molecule has 1 amide bonds. The van der Waals surface area contributed by atoms with E-state index in [1.54, 1.807) is 36.5 Å². The Morgan fingerprint density at radius 2 is 1.83 bits per heavy atom. The van der Waals surface area contributed by atoms with Crippen molar-refractivity contribution in [2.75, 3.05) is 76.8 Å². The molecule has 1 aromatic carbocycles. The Kier molecular flexibility index (Phi) is 9.90. The number of nitrogens with zero attached hydrogens (tertiary/aromatic N) is 5. The third-order valence-electron chi connectivity index (χ3n) is 7.41. The molecule has 42 heavy (non-hydrogen) atoms. The van der Waals surface area contributed by atoms with Crippen molar-refractivity contribution in [1.82, 2.24) is 19.8 Å². The smallest absolute Gasteiger partial charge is 0.223 e. The van der Waals surface area contributed by atoms with Gasteiger partial charge in [-0.05, 0) is 25.1 Å². The summed E-state index contributed by atoms with van der Waals surface area (Å²) in [4.78, 5) is 42.3. The van der Waals surface area contributed by atoms with Gasteiger partial charge >= 0.3 is 0 Å². The van der Waals surface area contributed by atoms with Crippen LogP contribution in [0.25, 0.3) is 21.6 Å². The Morgan fingerprint density at radius 1 is 1.07 bits per heavy atom. The molecule has 2 fully saturated rings. The molecule has 2 aliphatic heterocycles. The first kappa shape index (κ1) is 30.6. The molecule has 5 rings (SSSR count). The van der Waals surface area contributed by atoms with Crippen LogP contribution >= 0.6 is 18.7 Å². The van der Waals surface area contributed by atoms with Crippen LogP contribution in [-0.2, 0) is 30.0 Å². The normalized spacial score (nSPS) is 17.9. The van der Waals surface area contributed by atoms with Gasteiger partial charge in [0.25, 0.3) is 0 Å². The maximum Gasteiger partial charge on any atom is 0.223 e. The van der Waals surface area contributed by atoms with Crippen molar-refractivity contribution in [2.24, 2.45) is 0 Å². The lowest BCUT2D eigenvalue weighted by molar-refractivity contribution is -0.134. The number of ketones is 1. The number of piperazine rings is 1. The molecular weight excluding hydrogens is 577 g/mol. The molecule has 2 aromatic heterocycles. The summed E-state index contributed by atoms with van der Waals surface area (Å²) < 4.78 is 24.0. The molecule has 3 aromatic rings. The van der Waals surface area contributed by atoms with Crippen molar-refractivity contribution in [1.29, 1.82) is 0 Å². The molecule has 0 aliphatic carbocycles. The topological polar surface area (TPSA) is 125 Å². The number of thiophene rings is 1. The number of carbonyl (C=O) groups excluding carboxylic acids is 2. The van der Waals surface area contributed by atoms with Gasteiger partial charge in [-0.3, -0.25) is 19.1 Å². The van der Waals surface area contributed by atoms with Crippen molar-refractivity contribution >= 4 is 46.4 Å². The average molecular weight is 616 g/mol. The molecule has 13 heteroatoms. The fourth-order valence-corrected chi connectivity index (χ4v) is 7.90. The van der Waals surface area contributed by atoms with E-state index < -0.39 is 7.37 Å². The number of benzene rings is 1. The Bertz CT molecular complexity index is 1470. The van der Waals surface area contributed by atoms with Crippen molar-refractivity contribution < 1.29 is 28.5 Å². The summed E-state index contributed by atoms with van der Waals surface area (Å²) in [5.41, 5.74) is 1.64. The van der Waals surface area contributed by atoms with Crippen LogP contribution in [0.5, 0.6) is 5.75 Å². The number of Topliss-reactive ketones (excluding diaryl/α,β-unsaturated/α-hetero) is 1. The van der Waals surface area contributed by atoms with Gasteiger partial charge in [0.1, 0.15) is 11.5 Å². The molecule has 0 spiro atoms. The second kappa shape index (κ2) is 13.6. The maximum atomic E-state index is 12.7. The second-order valence-electron chi connectivity index (χ2n) is 10.7. The first-order valence-electron chi connectivity index (χ1n) is 14.4. The zero-order valence-corrected chi connectivity index (χ0v) is 25.9. The van der Waals surface area contributed by atoms with Crippen LogP contribution < -0.4 is 4.90 Å². The van der Waals surface area contributed by atoms with Crippen molar-refractivity contribution in [3.8, 4) is 17.1 Å². The van der Waals surface area contributed by atoms with Crippen LogP contribution in [0.3, 0.4) is 0 Å². The molecule has 0 bridgehead atoms. The zero-order valence-electron chi connectivity index (χ0n) is 24.2. The predicted octanol–water partition coefficient (Wildman–Crippen LogP) is 3.84. The van der Waals surface area contributed by atoms with Gasteiger partial charge in [0.05, 0.1) is 36.2 Å². The molecule has 0 radical (unpaired) electrons. The van der Waals surface area contributed by atoms with Crippen molar-refractivity contribution in [2.45, 2.75) is 26.3 Å². The van der Waals surface area contributed by atoms with Gasteiger partial charge in [-0.15, -0.1) is 11.3 Å². The molecule has 1 atom stereocenters. The number of rotatable bonds is 11. The number of hydrogen-bond donors (Lipinski definition) is 1. The maximum absolute atomic E-state index is 12.7. The molecule has 2 aliphatic rings. The van der Waals surface area contributed by atoms with Gasteiger partial charge in [0.2, 0.25) is 13.3 Å². The van der Waals surface area contributed by atoms with Crippen LogP contribution in [0.4, 0.5) is 5.82 Å².